The number of rotatable bonds is 5. The highest BCUT2D eigenvalue weighted by atomic mass is 32.1. The van der Waals surface area contributed by atoms with Gasteiger partial charge in [-0.3, -0.25) is 4.40 Å². The first-order valence-electron chi connectivity index (χ1n) is 16.0. The highest BCUT2D eigenvalue weighted by Gasteiger charge is 2.17. The van der Waals surface area contributed by atoms with E-state index in [0.29, 0.717) is 17.5 Å². The first kappa shape index (κ1) is 28.3. The number of aryl methyl sites for hydroxylation is 1. The van der Waals surface area contributed by atoms with Crippen LogP contribution in [0.2, 0.25) is 0 Å². The Hall–Kier alpha value is -5.98. The van der Waals surface area contributed by atoms with E-state index in [1.54, 1.807) is 11.3 Å². The first-order chi connectivity index (χ1) is 23.6. The van der Waals surface area contributed by atoms with E-state index in [1.807, 2.05) is 66.7 Å². The minimum absolute atomic E-state index is 0.652. The average Bonchev–Trinajstić information content (AvgIpc) is 3.70. The third-order valence-electron chi connectivity index (χ3n) is 9.13. The molecule has 5 nitrogen and oxygen atoms in total. The van der Waals surface area contributed by atoms with Crippen LogP contribution >= 0.6 is 11.3 Å². The van der Waals surface area contributed by atoms with Crippen molar-refractivity contribution in [1.29, 1.82) is 0 Å². The topological polar surface area (TPSA) is 56.0 Å². The largest absolute Gasteiger partial charge is 0.283 e. The van der Waals surface area contributed by atoms with Crippen LogP contribution < -0.4 is 0 Å². The van der Waals surface area contributed by atoms with E-state index >= 15 is 0 Å². The molecule has 3 aromatic heterocycles. The van der Waals surface area contributed by atoms with Crippen LogP contribution in [0.1, 0.15) is 11.1 Å². The molecule has 0 aliphatic rings. The smallest absolute Gasteiger partial charge is 0.195 e. The third kappa shape index (κ3) is 4.69. The van der Waals surface area contributed by atoms with Crippen molar-refractivity contribution in [3.05, 3.63) is 151 Å². The summed E-state index contributed by atoms with van der Waals surface area (Å²) in [6, 6.07) is 48.2. The zero-order chi connectivity index (χ0) is 32.2. The van der Waals surface area contributed by atoms with Gasteiger partial charge in [0.2, 0.25) is 0 Å². The molecule has 0 spiro atoms. The Balaban J connectivity index is 1.10. The standard InChI is InChI=1S/C42H29N5S/c1-26-32(16-11-17-33(26)34-24-25-37-38(27(34)2)48-42-43-35-18-9-10-19-36(35)47(37)42)28-20-22-31(23-21-28)41-45-39(29-12-5-3-6-13-29)44-40(46-41)30-14-7-4-8-15-30/h3-25H,1-2H3. The molecule has 0 fully saturated rings. The van der Waals surface area contributed by atoms with Gasteiger partial charge in [-0.15, -0.1) is 0 Å². The monoisotopic (exact) mass is 635 g/mol. The summed E-state index contributed by atoms with van der Waals surface area (Å²) in [4.78, 5) is 20.6. The average molecular weight is 636 g/mol. The van der Waals surface area contributed by atoms with Crippen molar-refractivity contribution in [3.8, 4) is 56.4 Å². The summed E-state index contributed by atoms with van der Waals surface area (Å²) in [6.45, 7) is 4.46. The van der Waals surface area contributed by atoms with E-state index in [9.17, 15) is 0 Å². The van der Waals surface area contributed by atoms with Gasteiger partial charge >= 0.3 is 0 Å². The third-order valence-corrected chi connectivity index (χ3v) is 10.3. The summed E-state index contributed by atoms with van der Waals surface area (Å²) >= 11 is 1.76. The highest BCUT2D eigenvalue weighted by molar-refractivity contribution is 7.23. The van der Waals surface area contributed by atoms with Crippen LogP contribution in [0.25, 0.3) is 82.6 Å². The Morgan fingerprint density at radius 3 is 1.62 bits per heavy atom. The molecule has 0 unspecified atom stereocenters. The summed E-state index contributed by atoms with van der Waals surface area (Å²) in [5.74, 6) is 1.97. The van der Waals surface area contributed by atoms with Crippen molar-refractivity contribution in [2.24, 2.45) is 0 Å². The van der Waals surface area contributed by atoms with Gasteiger partial charge in [0.05, 0.1) is 21.3 Å². The Morgan fingerprint density at radius 1 is 0.417 bits per heavy atom. The number of aromatic nitrogens is 5. The zero-order valence-corrected chi connectivity index (χ0v) is 27.2. The maximum absolute atomic E-state index is 4.91. The van der Waals surface area contributed by atoms with Crippen molar-refractivity contribution in [3.63, 3.8) is 0 Å². The number of benzene rings is 6. The molecule has 0 N–H and O–H groups in total. The number of hydrogen-bond acceptors (Lipinski definition) is 5. The van der Waals surface area contributed by atoms with E-state index < -0.39 is 0 Å². The molecule has 0 saturated carbocycles. The summed E-state index contributed by atoms with van der Waals surface area (Å²) in [5.41, 5.74) is 13.6. The summed E-state index contributed by atoms with van der Waals surface area (Å²) in [6.07, 6.45) is 0. The predicted octanol–water partition coefficient (Wildman–Crippen LogP) is 10.8. The predicted molar refractivity (Wildman–Crippen MR) is 198 cm³/mol. The lowest BCUT2D eigenvalue weighted by Gasteiger charge is -2.15. The van der Waals surface area contributed by atoms with Gasteiger partial charge in [-0.05, 0) is 65.4 Å². The zero-order valence-electron chi connectivity index (χ0n) is 26.4. The molecule has 9 rings (SSSR count). The fraction of sp³-hybridized carbons (Fsp3) is 0.0476. The second kappa shape index (κ2) is 11.4. The molecule has 0 aliphatic heterocycles. The van der Waals surface area contributed by atoms with Crippen LogP contribution in [0.3, 0.4) is 0 Å². The Bertz CT molecular complexity index is 2560. The van der Waals surface area contributed by atoms with Gasteiger partial charge in [0, 0.05) is 16.7 Å². The van der Waals surface area contributed by atoms with Gasteiger partial charge in [-0.1, -0.05) is 133 Å². The second-order valence-electron chi connectivity index (χ2n) is 12.0. The summed E-state index contributed by atoms with van der Waals surface area (Å²) in [7, 11) is 0. The lowest BCUT2D eigenvalue weighted by atomic mass is 9.90. The Labute approximate surface area is 281 Å². The molecule has 228 valence electrons. The van der Waals surface area contributed by atoms with E-state index in [2.05, 4.69) is 91.0 Å². The van der Waals surface area contributed by atoms with Gasteiger partial charge in [0.1, 0.15) is 0 Å². The van der Waals surface area contributed by atoms with E-state index in [-0.39, 0.29) is 0 Å². The summed E-state index contributed by atoms with van der Waals surface area (Å²) < 4.78 is 3.56. The molecule has 0 aliphatic carbocycles. The van der Waals surface area contributed by atoms with Crippen LogP contribution in [-0.4, -0.2) is 24.3 Å². The molecular formula is C42H29N5S. The van der Waals surface area contributed by atoms with Gasteiger partial charge in [-0.2, -0.15) is 0 Å². The number of imidazole rings is 1. The van der Waals surface area contributed by atoms with Gasteiger partial charge in [-0.25, -0.2) is 19.9 Å². The lowest BCUT2D eigenvalue weighted by Crippen LogP contribution is -2.00. The molecule has 6 heteroatoms. The summed E-state index contributed by atoms with van der Waals surface area (Å²) in [5, 5.41) is 0. The van der Waals surface area contributed by atoms with Crippen LogP contribution in [0, 0.1) is 13.8 Å². The van der Waals surface area contributed by atoms with Gasteiger partial charge < -0.3 is 0 Å². The van der Waals surface area contributed by atoms with E-state index in [4.69, 9.17) is 19.9 Å². The number of fused-ring (bicyclic) bond motifs is 5. The molecule has 3 heterocycles. The Kier molecular flexibility index (Phi) is 6.69. The molecule has 6 aromatic carbocycles. The van der Waals surface area contributed by atoms with Crippen LogP contribution in [0.15, 0.2) is 140 Å². The van der Waals surface area contributed by atoms with Gasteiger partial charge in [0.25, 0.3) is 0 Å². The fourth-order valence-electron chi connectivity index (χ4n) is 6.65. The molecule has 0 atom stereocenters. The highest BCUT2D eigenvalue weighted by Crippen LogP contribution is 2.40. The number of para-hydroxylation sites is 2. The van der Waals surface area contributed by atoms with Crippen molar-refractivity contribution in [2.75, 3.05) is 0 Å². The number of hydrogen-bond donors (Lipinski definition) is 0. The maximum Gasteiger partial charge on any atom is 0.195 e. The lowest BCUT2D eigenvalue weighted by molar-refractivity contribution is 1.07. The van der Waals surface area contributed by atoms with Crippen molar-refractivity contribution in [1.82, 2.24) is 24.3 Å². The quantitative estimate of drug-likeness (QED) is 0.189. The first-order valence-corrected chi connectivity index (χ1v) is 16.8. The van der Waals surface area contributed by atoms with E-state index in [1.165, 1.54) is 38.0 Å². The minimum Gasteiger partial charge on any atom is -0.283 e. The molecule has 0 bridgehead atoms. The maximum atomic E-state index is 4.91. The molecule has 0 radical (unpaired) electrons. The van der Waals surface area contributed by atoms with Crippen LogP contribution in [0.4, 0.5) is 0 Å². The molecule has 48 heavy (non-hydrogen) atoms. The molecule has 9 aromatic rings. The van der Waals surface area contributed by atoms with Gasteiger partial charge in [0.15, 0.2) is 22.4 Å². The van der Waals surface area contributed by atoms with Crippen molar-refractivity contribution >= 4 is 37.5 Å². The molecule has 0 saturated heterocycles. The SMILES string of the molecule is Cc1c(-c2ccc(-c3nc(-c4ccccc4)nc(-c4ccccc4)n3)cc2)cccc1-c1ccc2c(sc3nc4ccccc4n32)c1C. The van der Waals surface area contributed by atoms with E-state index in [0.717, 1.165) is 38.2 Å². The van der Waals surface area contributed by atoms with Crippen LogP contribution in [-0.2, 0) is 0 Å². The van der Waals surface area contributed by atoms with Crippen molar-refractivity contribution < 1.29 is 0 Å². The number of nitrogens with zero attached hydrogens (tertiary/aromatic N) is 5. The van der Waals surface area contributed by atoms with Crippen LogP contribution in [0.5, 0.6) is 0 Å². The Morgan fingerprint density at radius 2 is 0.958 bits per heavy atom. The molecular weight excluding hydrogens is 607 g/mol. The molecule has 0 amide bonds. The van der Waals surface area contributed by atoms with Crippen molar-refractivity contribution in [2.45, 2.75) is 13.8 Å². The fourth-order valence-corrected chi connectivity index (χ4v) is 7.79. The normalized spacial score (nSPS) is 11.5. The number of thiazole rings is 1. The second-order valence-corrected chi connectivity index (χ2v) is 13.0. The minimum atomic E-state index is 0.652.